The number of aromatic nitrogens is 2. The summed E-state index contributed by atoms with van der Waals surface area (Å²) in [6.45, 7) is 1.48. The van der Waals surface area contributed by atoms with E-state index in [1.165, 1.54) is 6.92 Å². The predicted molar refractivity (Wildman–Crippen MR) is 125 cm³/mol. The van der Waals surface area contributed by atoms with Crippen molar-refractivity contribution >= 4 is 51.7 Å². The first kappa shape index (κ1) is 21.7. The third-order valence-electron chi connectivity index (χ3n) is 4.73. The van der Waals surface area contributed by atoms with Crippen LogP contribution in [0.5, 0.6) is 0 Å². The number of pyridine rings is 2. The molecule has 4 rings (SSSR count). The average molecular weight is 466 g/mol. The molecule has 0 aliphatic heterocycles. The molecule has 0 radical (unpaired) electrons. The molecule has 2 aromatic carbocycles. The molecule has 1 amide bonds. The van der Waals surface area contributed by atoms with Gasteiger partial charge in [-0.25, -0.2) is 9.78 Å². The number of carbonyl (C=O) groups excluding carboxylic acids is 2. The Hall–Kier alpha value is -3.48. The Kier molecular flexibility index (Phi) is 6.35. The number of esters is 1. The third kappa shape index (κ3) is 4.56. The molecule has 0 spiro atoms. The van der Waals surface area contributed by atoms with Crippen LogP contribution in [0.25, 0.3) is 22.3 Å². The molecular formula is C24H17Cl2N3O3. The highest BCUT2D eigenvalue weighted by molar-refractivity contribution is 6.44. The Morgan fingerprint density at radius 2 is 1.75 bits per heavy atom. The number of rotatable bonds is 5. The van der Waals surface area contributed by atoms with Gasteiger partial charge in [0, 0.05) is 11.6 Å². The maximum Gasteiger partial charge on any atom is 0.339 e. The number of fused-ring (bicyclic) bond motifs is 1. The highest BCUT2D eigenvalue weighted by Crippen LogP contribution is 2.30. The molecule has 1 atom stereocenters. The Bertz CT molecular complexity index is 1310. The van der Waals surface area contributed by atoms with Gasteiger partial charge in [-0.15, -0.1) is 0 Å². The smallest absolute Gasteiger partial charge is 0.339 e. The molecule has 0 bridgehead atoms. The van der Waals surface area contributed by atoms with E-state index >= 15 is 0 Å². The van der Waals surface area contributed by atoms with E-state index < -0.39 is 18.0 Å². The van der Waals surface area contributed by atoms with Gasteiger partial charge in [0.1, 0.15) is 0 Å². The summed E-state index contributed by atoms with van der Waals surface area (Å²) in [5.41, 5.74) is 2.38. The number of amides is 1. The number of ether oxygens (including phenoxy) is 1. The van der Waals surface area contributed by atoms with E-state index in [0.29, 0.717) is 33.0 Å². The van der Waals surface area contributed by atoms with Crippen LogP contribution in [0, 0.1) is 0 Å². The quantitative estimate of drug-likeness (QED) is 0.377. The van der Waals surface area contributed by atoms with Crippen molar-refractivity contribution in [1.29, 1.82) is 0 Å². The van der Waals surface area contributed by atoms with Crippen molar-refractivity contribution in [1.82, 2.24) is 9.97 Å². The van der Waals surface area contributed by atoms with Crippen LogP contribution >= 0.6 is 23.2 Å². The highest BCUT2D eigenvalue weighted by atomic mass is 35.5. The van der Waals surface area contributed by atoms with Crippen LogP contribution in [0.4, 0.5) is 5.69 Å². The van der Waals surface area contributed by atoms with E-state index in [1.807, 2.05) is 12.1 Å². The van der Waals surface area contributed by atoms with E-state index in [9.17, 15) is 9.59 Å². The Labute approximate surface area is 194 Å². The summed E-state index contributed by atoms with van der Waals surface area (Å²) >= 11 is 12.1. The van der Waals surface area contributed by atoms with Crippen LogP contribution in [-0.4, -0.2) is 27.9 Å². The number of para-hydroxylation sites is 1. The summed E-state index contributed by atoms with van der Waals surface area (Å²) < 4.78 is 5.46. The number of hydrogen-bond acceptors (Lipinski definition) is 5. The molecule has 2 heterocycles. The molecule has 6 nitrogen and oxygen atoms in total. The summed E-state index contributed by atoms with van der Waals surface area (Å²) in [4.78, 5) is 34.5. The van der Waals surface area contributed by atoms with Gasteiger partial charge in [0.2, 0.25) is 0 Å². The Morgan fingerprint density at radius 3 is 2.53 bits per heavy atom. The number of carbonyl (C=O) groups is 2. The minimum absolute atomic E-state index is 0.209. The monoisotopic (exact) mass is 465 g/mol. The molecule has 0 fully saturated rings. The molecule has 0 aliphatic rings. The van der Waals surface area contributed by atoms with E-state index in [-0.39, 0.29) is 10.6 Å². The molecule has 4 aromatic rings. The molecule has 0 saturated heterocycles. The number of nitrogens with zero attached hydrogens (tertiary/aromatic N) is 2. The molecule has 0 aliphatic carbocycles. The zero-order chi connectivity index (χ0) is 22.7. The van der Waals surface area contributed by atoms with Gasteiger partial charge in [-0.05, 0) is 43.3 Å². The van der Waals surface area contributed by atoms with E-state index in [4.69, 9.17) is 27.9 Å². The van der Waals surface area contributed by atoms with Crippen LogP contribution in [0.2, 0.25) is 10.0 Å². The number of anilines is 1. The summed E-state index contributed by atoms with van der Waals surface area (Å²) in [5, 5.41) is 3.76. The molecule has 1 N–H and O–H groups in total. The van der Waals surface area contributed by atoms with Crippen molar-refractivity contribution in [2.75, 3.05) is 5.32 Å². The second-order valence-corrected chi connectivity index (χ2v) is 7.71. The number of nitrogens with one attached hydrogen (secondary N) is 1. The van der Waals surface area contributed by atoms with E-state index in [0.717, 1.165) is 0 Å². The maximum absolute atomic E-state index is 13.0. The van der Waals surface area contributed by atoms with Gasteiger partial charge in [-0.2, -0.15) is 0 Å². The summed E-state index contributed by atoms with van der Waals surface area (Å²) in [6, 6.07) is 19.1. The second-order valence-electron chi connectivity index (χ2n) is 6.93. The molecule has 32 heavy (non-hydrogen) atoms. The predicted octanol–water partition coefficient (Wildman–Crippen LogP) is 5.79. The first-order valence-electron chi connectivity index (χ1n) is 9.71. The normalized spacial score (nSPS) is 11.7. The van der Waals surface area contributed by atoms with Crippen molar-refractivity contribution in [2.45, 2.75) is 13.0 Å². The maximum atomic E-state index is 13.0. The van der Waals surface area contributed by atoms with Gasteiger partial charge >= 0.3 is 5.97 Å². The lowest BCUT2D eigenvalue weighted by Gasteiger charge is -2.15. The fourth-order valence-electron chi connectivity index (χ4n) is 3.10. The Balaban J connectivity index is 1.60. The van der Waals surface area contributed by atoms with E-state index in [1.54, 1.807) is 60.8 Å². The standard InChI is InChI=1S/C24H17Cl2N3O3/c1-14(23(30)29-20-11-6-8-17(25)22(20)26)32-24(31)16-13-21(19-10-4-5-12-27-19)28-18-9-3-2-7-15(16)18/h2-14H,1H3,(H,29,30). The molecule has 0 saturated carbocycles. The SMILES string of the molecule is CC(OC(=O)c1cc(-c2ccccn2)nc2ccccc12)C(=O)Nc1cccc(Cl)c1Cl. The van der Waals surface area contributed by atoms with Crippen LogP contribution < -0.4 is 5.32 Å². The molecular weight excluding hydrogens is 449 g/mol. The van der Waals surface area contributed by atoms with Gasteiger partial charge < -0.3 is 10.1 Å². The van der Waals surface area contributed by atoms with Gasteiger partial charge in [0.25, 0.3) is 5.91 Å². The van der Waals surface area contributed by atoms with Gasteiger partial charge in [-0.3, -0.25) is 9.78 Å². The lowest BCUT2D eigenvalue weighted by Crippen LogP contribution is -2.30. The van der Waals surface area contributed by atoms with Crippen molar-refractivity contribution in [2.24, 2.45) is 0 Å². The molecule has 160 valence electrons. The van der Waals surface area contributed by atoms with Crippen molar-refractivity contribution in [3.8, 4) is 11.4 Å². The van der Waals surface area contributed by atoms with E-state index in [2.05, 4.69) is 15.3 Å². The number of halogens is 2. The summed E-state index contributed by atoms with van der Waals surface area (Å²) in [6.07, 6.45) is 0.570. The zero-order valence-electron chi connectivity index (χ0n) is 16.9. The van der Waals surface area contributed by atoms with Crippen molar-refractivity contribution < 1.29 is 14.3 Å². The van der Waals surface area contributed by atoms with Gasteiger partial charge in [0.05, 0.1) is 38.2 Å². The fraction of sp³-hybridized carbons (Fsp3) is 0.0833. The largest absolute Gasteiger partial charge is 0.449 e. The fourth-order valence-corrected chi connectivity index (χ4v) is 3.45. The van der Waals surface area contributed by atoms with Crippen molar-refractivity contribution in [3.63, 3.8) is 0 Å². The molecule has 2 aromatic heterocycles. The zero-order valence-corrected chi connectivity index (χ0v) is 18.4. The highest BCUT2D eigenvalue weighted by Gasteiger charge is 2.22. The second kappa shape index (κ2) is 9.34. The van der Waals surface area contributed by atoms with Crippen molar-refractivity contribution in [3.05, 3.63) is 88.5 Å². The van der Waals surface area contributed by atoms with Crippen LogP contribution in [0.15, 0.2) is 72.9 Å². The van der Waals surface area contributed by atoms with Crippen LogP contribution in [-0.2, 0) is 9.53 Å². The van der Waals surface area contributed by atoms with Gasteiger partial charge in [0.15, 0.2) is 6.10 Å². The summed E-state index contributed by atoms with van der Waals surface area (Å²) in [5.74, 6) is -1.19. The first-order chi connectivity index (χ1) is 15.4. The minimum atomic E-state index is -1.08. The van der Waals surface area contributed by atoms with Crippen LogP contribution in [0.1, 0.15) is 17.3 Å². The molecule has 8 heteroatoms. The summed E-state index contributed by atoms with van der Waals surface area (Å²) in [7, 11) is 0. The Morgan fingerprint density at radius 1 is 0.969 bits per heavy atom. The average Bonchev–Trinajstić information content (AvgIpc) is 2.81. The van der Waals surface area contributed by atoms with Gasteiger partial charge in [-0.1, -0.05) is 53.5 Å². The first-order valence-corrected chi connectivity index (χ1v) is 10.5. The minimum Gasteiger partial charge on any atom is -0.449 e. The van der Waals surface area contributed by atoms with Crippen LogP contribution in [0.3, 0.4) is 0 Å². The lowest BCUT2D eigenvalue weighted by atomic mass is 10.1. The third-order valence-corrected chi connectivity index (χ3v) is 5.54. The topological polar surface area (TPSA) is 81.2 Å². The molecule has 1 unspecified atom stereocenters. The number of hydrogen-bond donors (Lipinski definition) is 1. The lowest BCUT2D eigenvalue weighted by molar-refractivity contribution is -0.123. The number of benzene rings is 2.